The Morgan fingerprint density at radius 1 is 1.20 bits per heavy atom. The first-order valence-electron chi connectivity index (χ1n) is 4.34. The molecule has 3 rings (SSSR count). The third-order valence-corrected chi connectivity index (χ3v) is 2.34. The highest BCUT2D eigenvalue weighted by molar-refractivity contribution is 5.97. The second-order valence-electron chi connectivity index (χ2n) is 3.19. The highest BCUT2D eigenvalue weighted by atomic mass is 35.5. The molecule has 0 fully saturated rings. The molecule has 0 spiro atoms. The standard InChI is InChI=1S/C10H8N4.ClH/c11-10-9-7(5-12-14-9)6-3-1-2-4-8(6)13-10;/h1-5,13H,11H2;1H. The molecule has 0 radical (unpaired) electrons. The molecule has 0 aliphatic carbocycles. The monoisotopic (exact) mass is 220 g/mol. The molecule has 0 bridgehead atoms. The average molecular weight is 221 g/mol. The van der Waals surface area contributed by atoms with Crippen molar-refractivity contribution in [1.29, 1.82) is 0 Å². The number of hydrogen-bond donors (Lipinski definition) is 2. The molecule has 1 aromatic rings. The van der Waals surface area contributed by atoms with Gasteiger partial charge < -0.3 is 10.7 Å². The topological polar surface area (TPSA) is 67.6 Å². The molecule has 2 aliphatic rings. The van der Waals surface area contributed by atoms with Crippen LogP contribution in [0.3, 0.4) is 0 Å². The van der Waals surface area contributed by atoms with Crippen molar-refractivity contribution in [1.82, 2.24) is 15.2 Å². The van der Waals surface area contributed by atoms with Crippen LogP contribution in [0.4, 0.5) is 5.82 Å². The number of anilines is 1. The Labute approximate surface area is 92.3 Å². The number of halogens is 1. The number of fused-ring (bicyclic) bond motifs is 3. The Hall–Kier alpha value is -1.81. The maximum absolute atomic E-state index is 5.81. The maximum Gasteiger partial charge on any atom is 0.135 e. The number of aromatic nitrogens is 3. The van der Waals surface area contributed by atoms with E-state index in [1.54, 1.807) is 6.20 Å². The summed E-state index contributed by atoms with van der Waals surface area (Å²) >= 11 is 0. The number of pyridine rings is 1. The molecule has 0 aromatic heterocycles. The molecule has 0 amide bonds. The lowest BCUT2D eigenvalue weighted by Crippen LogP contribution is -1.96. The zero-order valence-corrected chi connectivity index (χ0v) is 8.58. The Morgan fingerprint density at radius 3 is 2.87 bits per heavy atom. The molecule has 0 unspecified atom stereocenters. The zero-order valence-electron chi connectivity index (χ0n) is 7.77. The van der Waals surface area contributed by atoms with Gasteiger partial charge in [0.05, 0.1) is 6.20 Å². The number of nitrogens with two attached hydrogens (primary N) is 1. The molecule has 15 heavy (non-hydrogen) atoms. The van der Waals surface area contributed by atoms with Gasteiger partial charge in [0.2, 0.25) is 0 Å². The van der Waals surface area contributed by atoms with E-state index >= 15 is 0 Å². The lowest BCUT2D eigenvalue weighted by Gasteiger charge is -2.06. The van der Waals surface area contributed by atoms with Crippen molar-refractivity contribution in [3.63, 3.8) is 0 Å². The normalized spacial score (nSPS) is 10.4. The summed E-state index contributed by atoms with van der Waals surface area (Å²) in [4.78, 5) is 3.09. The Kier molecular flexibility index (Phi) is 2.21. The van der Waals surface area contributed by atoms with E-state index in [1.807, 2.05) is 24.3 Å². The SMILES string of the molecule is Cl.Nc1[nH]c2ccccc2c2cnnc1-2. The molecule has 76 valence electrons. The van der Waals surface area contributed by atoms with Gasteiger partial charge in [0.15, 0.2) is 0 Å². The quantitative estimate of drug-likeness (QED) is 0.610. The fourth-order valence-electron chi connectivity index (χ4n) is 1.69. The van der Waals surface area contributed by atoms with Crippen LogP contribution in [0.15, 0.2) is 30.5 Å². The molecule has 3 N–H and O–H groups in total. The van der Waals surface area contributed by atoms with Crippen LogP contribution in [-0.2, 0) is 0 Å². The van der Waals surface area contributed by atoms with Crippen molar-refractivity contribution >= 4 is 29.1 Å². The van der Waals surface area contributed by atoms with Crippen LogP contribution in [0.5, 0.6) is 0 Å². The van der Waals surface area contributed by atoms with Crippen LogP contribution in [0.2, 0.25) is 0 Å². The molecule has 1 aromatic carbocycles. The molecule has 2 heterocycles. The Bertz CT molecular complexity index is 575. The number of para-hydroxylation sites is 1. The summed E-state index contributed by atoms with van der Waals surface area (Å²) < 4.78 is 0. The van der Waals surface area contributed by atoms with Gasteiger partial charge in [-0.1, -0.05) is 18.2 Å². The van der Waals surface area contributed by atoms with E-state index in [0.29, 0.717) is 5.82 Å². The van der Waals surface area contributed by atoms with Crippen LogP contribution in [-0.4, -0.2) is 15.2 Å². The number of benzene rings is 1. The largest absolute Gasteiger partial charge is 0.383 e. The fourth-order valence-corrected chi connectivity index (χ4v) is 1.69. The minimum Gasteiger partial charge on any atom is -0.383 e. The first kappa shape index (κ1) is 9.73. The van der Waals surface area contributed by atoms with Crippen molar-refractivity contribution in [3.8, 4) is 11.3 Å². The average Bonchev–Trinajstić information content (AvgIpc) is 2.67. The van der Waals surface area contributed by atoms with Crippen molar-refractivity contribution in [3.05, 3.63) is 30.5 Å². The molecule has 0 saturated carbocycles. The van der Waals surface area contributed by atoms with E-state index in [-0.39, 0.29) is 12.4 Å². The van der Waals surface area contributed by atoms with Crippen molar-refractivity contribution < 1.29 is 0 Å². The summed E-state index contributed by atoms with van der Waals surface area (Å²) in [6, 6.07) is 7.96. The predicted octanol–water partition coefficient (Wildman–Crippen LogP) is 2.07. The summed E-state index contributed by atoms with van der Waals surface area (Å²) in [5, 5.41) is 8.92. The summed E-state index contributed by atoms with van der Waals surface area (Å²) in [7, 11) is 0. The smallest absolute Gasteiger partial charge is 0.135 e. The van der Waals surface area contributed by atoms with Crippen LogP contribution >= 0.6 is 12.4 Å². The van der Waals surface area contributed by atoms with E-state index in [9.17, 15) is 0 Å². The number of nitrogens with zero attached hydrogens (tertiary/aromatic N) is 2. The molecule has 0 saturated heterocycles. The highest BCUT2D eigenvalue weighted by Crippen LogP contribution is 2.30. The van der Waals surface area contributed by atoms with Gasteiger partial charge in [-0.05, 0) is 6.07 Å². The Morgan fingerprint density at radius 2 is 2.00 bits per heavy atom. The van der Waals surface area contributed by atoms with Crippen LogP contribution in [0.1, 0.15) is 0 Å². The van der Waals surface area contributed by atoms with Crippen LogP contribution in [0, 0.1) is 0 Å². The molecule has 2 aliphatic heterocycles. The number of aromatic amines is 1. The van der Waals surface area contributed by atoms with Crippen molar-refractivity contribution in [2.24, 2.45) is 0 Å². The van der Waals surface area contributed by atoms with Gasteiger partial charge in [0, 0.05) is 16.5 Å². The van der Waals surface area contributed by atoms with E-state index < -0.39 is 0 Å². The van der Waals surface area contributed by atoms with Gasteiger partial charge in [-0.3, -0.25) is 0 Å². The lowest BCUT2D eigenvalue weighted by molar-refractivity contribution is 1.10. The molecular formula is C10H9ClN4. The van der Waals surface area contributed by atoms with Crippen molar-refractivity contribution in [2.75, 3.05) is 5.73 Å². The van der Waals surface area contributed by atoms with Gasteiger partial charge in [-0.25, -0.2) is 0 Å². The molecule has 4 nitrogen and oxygen atoms in total. The third-order valence-electron chi connectivity index (χ3n) is 2.34. The number of nitrogens with one attached hydrogen (secondary N) is 1. The van der Waals surface area contributed by atoms with Gasteiger partial charge in [-0.2, -0.15) is 5.10 Å². The van der Waals surface area contributed by atoms with E-state index in [1.165, 1.54) is 0 Å². The van der Waals surface area contributed by atoms with E-state index in [0.717, 1.165) is 22.2 Å². The summed E-state index contributed by atoms with van der Waals surface area (Å²) in [5.41, 5.74) is 8.55. The summed E-state index contributed by atoms with van der Waals surface area (Å²) in [6.07, 6.45) is 1.74. The molecular weight excluding hydrogens is 212 g/mol. The van der Waals surface area contributed by atoms with Gasteiger partial charge in [0.25, 0.3) is 0 Å². The van der Waals surface area contributed by atoms with Crippen molar-refractivity contribution in [2.45, 2.75) is 0 Å². The number of rotatable bonds is 0. The molecule has 0 atom stereocenters. The minimum atomic E-state index is 0. The summed E-state index contributed by atoms with van der Waals surface area (Å²) in [6.45, 7) is 0. The molecule has 5 heteroatoms. The second kappa shape index (κ2) is 3.40. The van der Waals surface area contributed by atoms with E-state index in [4.69, 9.17) is 5.73 Å². The highest BCUT2D eigenvalue weighted by Gasteiger charge is 2.13. The number of nitrogen functional groups attached to an aromatic ring is 1. The zero-order chi connectivity index (χ0) is 9.54. The van der Waals surface area contributed by atoms with Gasteiger partial charge in [0.1, 0.15) is 11.5 Å². The van der Waals surface area contributed by atoms with Crippen LogP contribution < -0.4 is 5.73 Å². The fraction of sp³-hybridized carbons (Fsp3) is 0. The lowest BCUT2D eigenvalue weighted by atomic mass is 10.1. The first-order chi connectivity index (χ1) is 6.86. The first-order valence-corrected chi connectivity index (χ1v) is 4.34. The Balaban J connectivity index is 0.000000853. The maximum atomic E-state index is 5.81. The minimum absolute atomic E-state index is 0. The van der Waals surface area contributed by atoms with Gasteiger partial charge >= 0.3 is 0 Å². The summed E-state index contributed by atoms with van der Waals surface area (Å²) in [5.74, 6) is 0.566. The van der Waals surface area contributed by atoms with E-state index in [2.05, 4.69) is 15.2 Å². The third kappa shape index (κ3) is 1.30. The second-order valence-corrected chi connectivity index (χ2v) is 3.19. The van der Waals surface area contributed by atoms with Crippen LogP contribution in [0.25, 0.3) is 22.2 Å². The number of H-pyrrole nitrogens is 1. The number of hydrogen-bond acceptors (Lipinski definition) is 3. The van der Waals surface area contributed by atoms with Gasteiger partial charge in [-0.15, -0.1) is 17.5 Å². The predicted molar refractivity (Wildman–Crippen MR) is 62.2 cm³/mol.